The zero-order chi connectivity index (χ0) is 43.5. The van der Waals surface area contributed by atoms with Crippen LogP contribution < -0.4 is 25.4 Å². The molecule has 0 spiro atoms. The third kappa shape index (κ3) is 12.7. The molecule has 3 N–H and O–H groups in total. The molecule has 59 heavy (non-hydrogen) atoms. The number of hydrogen-bond donors (Lipinski definition) is 3. The summed E-state index contributed by atoms with van der Waals surface area (Å²) in [7, 11) is -2.93. The zero-order valence-corrected chi connectivity index (χ0v) is 34.2. The van der Waals surface area contributed by atoms with Crippen LogP contribution in [0.15, 0.2) is 72.8 Å². The summed E-state index contributed by atoms with van der Waals surface area (Å²) in [4.78, 5) is 62.4. The van der Waals surface area contributed by atoms with Crippen molar-refractivity contribution in [2.45, 2.75) is 88.8 Å². The number of ether oxygens (including phenoxy) is 3. The molecule has 1 aliphatic heterocycles. The van der Waals surface area contributed by atoms with E-state index >= 15 is 0 Å². The minimum Gasteiger partial charge on any atom is -0.493 e. The number of amides is 3. The van der Waals surface area contributed by atoms with E-state index < -0.39 is 74.1 Å². The fourth-order valence-corrected chi connectivity index (χ4v) is 8.81. The van der Waals surface area contributed by atoms with Gasteiger partial charge in [-0.25, -0.2) is 22.3 Å². The Balaban J connectivity index is 1.42. The molecule has 3 aromatic carbocycles. The Morgan fingerprint density at radius 2 is 1.51 bits per heavy atom. The Morgan fingerprint density at radius 1 is 0.864 bits per heavy atom. The van der Waals surface area contributed by atoms with Crippen molar-refractivity contribution in [1.29, 1.82) is 0 Å². The number of benzene rings is 3. The van der Waals surface area contributed by atoms with E-state index in [-0.39, 0.29) is 37.6 Å². The van der Waals surface area contributed by atoms with E-state index in [9.17, 15) is 45.6 Å². The average molecular weight is 847 g/mol. The first-order valence-corrected chi connectivity index (χ1v) is 20.3. The quantitative estimate of drug-likeness (QED) is 0.0926. The van der Waals surface area contributed by atoms with Gasteiger partial charge in [-0.2, -0.15) is 13.2 Å². The number of esters is 2. The van der Waals surface area contributed by atoms with Crippen molar-refractivity contribution in [3.63, 3.8) is 0 Å². The normalized spacial score (nSPS) is 16.2. The molecular weight excluding hydrogens is 798 g/mol. The molecule has 0 aliphatic carbocycles. The third-order valence-corrected chi connectivity index (χ3v) is 11.6. The van der Waals surface area contributed by atoms with Gasteiger partial charge in [0.05, 0.1) is 25.7 Å². The van der Waals surface area contributed by atoms with Crippen molar-refractivity contribution in [2.24, 2.45) is 0 Å². The smallest absolute Gasteiger partial charge is 0.491 e. The molecule has 1 saturated heterocycles. The van der Waals surface area contributed by atoms with Gasteiger partial charge in [-0.3, -0.25) is 14.4 Å². The Hall–Kier alpha value is -5.49. The van der Waals surface area contributed by atoms with Crippen molar-refractivity contribution >= 4 is 39.7 Å². The summed E-state index contributed by atoms with van der Waals surface area (Å²) in [6.45, 7) is 7.05. The van der Waals surface area contributed by atoms with E-state index in [1.54, 1.807) is 45.0 Å². The van der Waals surface area contributed by atoms with Crippen LogP contribution in [0.25, 0.3) is 0 Å². The van der Waals surface area contributed by atoms with Gasteiger partial charge < -0.3 is 30.2 Å². The van der Waals surface area contributed by atoms with Crippen LogP contribution in [0.3, 0.4) is 0 Å². The molecule has 3 atom stereocenters. The minimum atomic E-state index is -5.29. The van der Waals surface area contributed by atoms with E-state index in [1.165, 1.54) is 19.1 Å². The highest BCUT2D eigenvalue weighted by Crippen LogP contribution is 2.40. The van der Waals surface area contributed by atoms with Crippen LogP contribution in [0.5, 0.6) is 11.5 Å². The number of methoxy groups -OCH3 is 1. The van der Waals surface area contributed by atoms with Crippen molar-refractivity contribution in [3.05, 3.63) is 95.1 Å². The number of sulfonamides is 1. The number of unbranched alkanes of at least 4 members (excludes halogenated alkanes) is 1. The van der Waals surface area contributed by atoms with Gasteiger partial charge in [-0.1, -0.05) is 60.7 Å². The second-order valence-corrected chi connectivity index (χ2v) is 16.9. The molecule has 320 valence electrons. The summed E-state index contributed by atoms with van der Waals surface area (Å²) in [6.07, 6.45) is -3.97. The summed E-state index contributed by atoms with van der Waals surface area (Å²) in [5.41, 5.74) is 0.689. The number of alkyl halides is 3. The number of carbonyl (C=O) groups is 5. The van der Waals surface area contributed by atoms with E-state index in [1.807, 2.05) is 30.3 Å². The van der Waals surface area contributed by atoms with E-state index in [0.29, 0.717) is 31.4 Å². The fraction of sp³-hybridized carbons (Fsp3) is 0.439. The molecular formula is C41H49F3N4O10S. The monoisotopic (exact) mass is 846 g/mol. The van der Waals surface area contributed by atoms with E-state index in [4.69, 9.17) is 4.74 Å². The molecule has 4 rings (SSSR count). The molecule has 1 aliphatic rings. The number of nitrogens with zero attached hydrogens (tertiary/aromatic N) is 1. The van der Waals surface area contributed by atoms with E-state index in [2.05, 4.69) is 25.4 Å². The van der Waals surface area contributed by atoms with Crippen LogP contribution in [-0.4, -0.2) is 93.0 Å². The van der Waals surface area contributed by atoms with Crippen molar-refractivity contribution in [3.8, 4) is 11.5 Å². The SMILES string of the molecule is COC(=O)c1c(OCCCCNC[C@H](Cc2ccc(C3CC(=O)N(C(C)(C)C)S3(=O)=O)cc2)NC(=O)[C@H](Cc2ccccc2)NC(C)=O)cccc1OC(=O)C(F)(F)F. The van der Waals surface area contributed by atoms with Crippen molar-refractivity contribution < 1.29 is 59.8 Å². The van der Waals surface area contributed by atoms with Gasteiger partial charge in [0.25, 0.3) is 0 Å². The summed E-state index contributed by atoms with van der Waals surface area (Å²) >= 11 is 0. The fourth-order valence-electron chi connectivity index (χ4n) is 6.58. The van der Waals surface area contributed by atoms with Crippen molar-refractivity contribution in [1.82, 2.24) is 20.3 Å². The lowest BCUT2D eigenvalue weighted by molar-refractivity contribution is -0.189. The maximum absolute atomic E-state index is 13.7. The highest BCUT2D eigenvalue weighted by molar-refractivity contribution is 7.90. The lowest BCUT2D eigenvalue weighted by Gasteiger charge is -2.30. The Morgan fingerprint density at radius 3 is 2.10 bits per heavy atom. The van der Waals surface area contributed by atoms with Gasteiger partial charge in [0, 0.05) is 25.9 Å². The average Bonchev–Trinajstić information content (AvgIpc) is 3.41. The van der Waals surface area contributed by atoms with Crippen LogP contribution in [0, 0.1) is 0 Å². The molecule has 0 radical (unpaired) electrons. The molecule has 0 bridgehead atoms. The Labute approximate surface area is 341 Å². The highest BCUT2D eigenvalue weighted by Gasteiger charge is 2.50. The first-order chi connectivity index (χ1) is 27.7. The lowest BCUT2D eigenvalue weighted by Crippen LogP contribution is -2.53. The molecule has 3 amide bonds. The Bertz CT molecular complexity index is 2070. The van der Waals surface area contributed by atoms with Gasteiger partial charge in [0.1, 0.15) is 28.4 Å². The lowest BCUT2D eigenvalue weighted by atomic mass is 10.0. The van der Waals surface area contributed by atoms with Crippen LogP contribution in [0.1, 0.15) is 79.3 Å². The molecule has 18 heteroatoms. The standard InChI is InChI=1S/C41H49F3N4O10S/c1-26(49)46-31(23-27-12-7-6-8-13-27)37(51)47-30(22-28-16-18-29(19-17-28)34-24-35(50)48(40(2,3)4)59(34,54)55)25-45-20-9-10-21-57-32-14-11-15-33(36(32)38(52)56-5)58-39(53)41(42,43)44/h6-8,11-19,30-31,34,45H,9-10,20-25H2,1-5H3,(H,46,49)(H,47,51)/t30-,31-,34?/m0/s1. The number of carbonyl (C=O) groups excluding carboxylic acids is 5. The predicted molar refractivity (Wildman–Crippen MR) is 210 cm³/mol. The second kappa shape index (κ2) is 20.0. The van der Waals surface area contributed by atoms with E-state index in [0.717, 1.165) is 28.6 Å². The number of hydrogen-bond acceptors (Lipinski definition) is 11. The third-order valence-electron chi connectivity index (χ3n) is 9.17. The van der Waals surface area contributed by atoms with Gasteiger partial charge in [-0.15, -0.1) is 0 Å². The summed E-state index contributed by atoms with van der Waals surface area (Å²) in [5, 5.41) is 8.03. The van der Waals surface area contributed by atoms with Gasteiger partial charge in [-0.05, 0) is 75.4 Å². The molecule has 3 aromatic rings. The first-order valence-electron chi connectivity index (χ1n) is 18.8. The van der Waals surface area contributed by atoms with Crippen LogP contribution in [0.2, 0.25) is 0 Å². The van der Waals surface area contributed by atoms with Crippen LogP contribution >= 0.6 is 0 Å². The number of nitrogens with one attached hydrogen (secondary N) is 3. The largest absolute Gasteiger partial charge is 0.493 e. The highest BCUT2D eigenvalue weighted by atomic mass is 32.2. The van der Waals surface area contributed by atoms with Crippen LogP contribution in [-0.2, 0) is 46.8 Å². The maximum Gasteiger partial charge on any atom is 0.491 e. The van der Waals surface area contributed by atoms with Gasteiger partial charge in [0.15, 0.2) is 0 Å². The maximum atomic E-state index is 13.7. The Kier molecular flexibility index (Phi) is 15.6. The zero-order valence-electron chi connectivity index (χ0n) is 33.4. The first kappa shape index (κ1) is 46.2. The van der Waals surface area contributed by atoms with Crippen molar-refractivity contribution in [2.75, 3.05) is 26.8 Å². The molecule has 1 heterocycles. The molecule has 0 aromatic heterocycles. The summed E-state index contributed by atoms with van der Waals surface area (Å²) in [5.74, 6) is -5.65. The molecule has 1 fully saturated rings. The second-order valence-electron chi connectivity index (χ2n) is 14.9. The summed E-state index contributed by atoms with van der Waals surface area (Å²) < 4.78 is 80.9. The van der Waals surface area contributed by atoms with Gasteiger partial charge >= 0.3 is 18.1 Å². The van der Waals surface area contributed by atoms with Gasteiger partial charge in [0.2, 0.25) is 27.7 Å². The topological polar surface area (TPSA) is 187 Å². The number of rotatable bonds is 18. The molecule has 1 unspecified atom stereocenters. The predicted octanol–water partition coefficient (Wildman–Crippen LogP) is 4.57. The molecule has 0 saturated carbocycles. The summed E-state index contributed by atoms with van der Waals surface area (Å²) in [6, 6.07) is 18.3. The minimum absolute atomic E-state index is 0.0303. The molecule has 14 nitrogen and oxygen atoms in total. The van der Waals surface area contributed by atoms with Crippen LogP contribution in [0.4, 0.5) is 13.2 Å². The number of halogens is 3.